The van der Waals surface area contributed by atoms with E-state index in [4.69, 9.17) is 0 Å². The van der Waals surface area contributed by atoms with Crippen molar-refractivity contribution < 1.29 is 0 Å². The predicted octanol–water partition coefficient (Wildman–Crippen LogP) is 2.81. The van der Waals surface area contributed by atoms with Gasteiger partial charge in [0.05, 0.1) is 11.4 Å². The lowest BCUT2D eigenvalue weighted by molar-refractivity contribution is 1.13. The summed E-state index contributed by atoms with van der Waals surface area (Å²) >= 11 is 0. The summed E-state index contributed by atoms with van der Waals surface area (Å²) in [7, 11) is 0. The molecular weight excluding hydrogens is 136 g/mol. The molecule has 0 aromatic carbocycles. The highest BCUT2D eigenvalue weighted by molar-refractivity contribution is 5.82. The highest BCUT2D eigenvalue weighted by Gasteiger charge is 1.91. The van der Waals surface area contributed by atoms with Gasteiger partial charge in [-0.05, 0) is 33.9 Å². The van der Waals surface area contributed by atoms with Crippen molar-refractivity contribution >= 4 is 12.4 Å². The molecule has 0 aliphatic heterocycles. The summed E-state index contributed by atoms with van der Waals surface area (Å²) in [6.07, 6.45) is 0.988. The lowest BCUT2D eigenvalue weighted by atomic mass is 10.3. The van der Waals surface area contributed by atoms with Crippen molar-refractivity contribution in [3.63, 3.8) is 0 Å². The first-order chi connectivity index (χ1) is 5.11. The molecular formula is C9H16N2. The van der Waals surface area contributed by atoms with Crippen molar-refractivity contribution in [3.8, 4) is 0 Å². The zero-order chi connectivity index (χ0) is 8.85. The first-order valence-corrected chi connectivity index (χ1v) is 3.80. The Balaban J connectivity index is 4.49. The summed E-state index contributed by atoms with van der Waals surface area (Å²) in [5.41, 5.74) is 2.99. The second kappa shape index (κ2) is 4.83. The minimum absolute atomic E-state index is 0.901. The van der Waals surface area contributed by atoms with E-state index >= 15 is 0 Å². The second-order valence-corrected chi connectivity index (χ2v) is 2.53. The third-order valence-electron chi connectivity index (χ3n) is 1.63. The highest BCUT2D eigenvalue weighted by atomic mass is 14.8. The average Bonchev–Trinajstić information content (AvgIpc) is 2.02. The van der Waals surface area contributed by atoms with Crippen molar-refractivity contribution in [1.82, 2.24) is 0 Å². The van der Waals surface area contributed by atoms with E-state index in [0.717, 1.165) is 23.5 Å². The third-order valence-corrected chi connectivity index (χ3v) is 1.63. The Bertz CT molecular complexity index is 200. The fourth-order valence-corrected chi connectivity index (χ4v) is 0.561. The van der Waals surface area contributed by atoms with Crippen molar-refractivity contribution in [1.29, 1.82) is 0 Å². The van der Waals surface area contributed by atoms with Crippen LogP contribution in [0.2, 0.25) is 0 Å². The van der Waals surface area contributed by atoms with Gasteiger partial charge in [0.15, 0.2) is 0 Å². The number of nitrogens with zero attached hydrogens (tertiary/aromatic N) is 2. The van der Waals surface area contributed by atoms with Crippen LogP contribution in [0.4, 0.5) is 0 Å². The molecule has 0 aliphatic carbocycles. The topological polar surface area (TPSA) is 24.7 Å². The van der Waals surface area contributed by atoms with Gasteiger partial charge in [0.1, 0.15) is 0 Å². The van der Waals surface area contributed by atoms with E-state index in [1.165, 1.54) is 0 Å². The van der Waals surface area contributed by atoms with E-state index in [2.05, 4.69) is 23.6 Å². The Kier molecular flexibility index (Phi) is 4.42. The van der Waals surface area contributed by atoms with Crippen LogP contribution < -0.4 is 0 Å². The van der Waals surface area contributed by atoms with E-state index in [1.807, 2.05) is 20.8 Å². The maximum atomic E-state index is 4.33. The van der Waals surface area contributed by atoms with Crippen LogP contribution in [0.1, 0.15) is 34.1 Å². The van der Waals surface area contributed by atoms with Crippen LogP contribution in [0.25, 0.3) is 0 Å². The van der Waals surface area contributed by atoms with Crippen LogP contribution in [0.5, 0.6) is 0 Å². The van der Waals surface area contributed by atoms with Crippen molar-refractivity contribution in [2.24, 2.45) is 9.98 Å². The number of aliphatic imine (C=N–C) groups is 2. The van der Waals surface area contributed by atoms with Crippen LogP contribution in [-0.4, -0.2) is 12.4 Å². The van der Waals surface area contributed by atoms with Gasteiger partial charge >= 0.3 is 0 Å². The summed E-state index contributed by atoms with van der Waals surface area (Å²) in [5, 5.41) is 0. The number of rotatable bonds is 3. The predicted molar refractivity (Wildman–Crippen MR) is 51.3 cm³/mol. The molecule has 0 rings (SSSR count). The standard InChI is InChI=1S/C9H16N2/c1-6-7(2)11-9(4)8(3)10-5/h5-6H2,1-4H3/b9-8-,11-7?. The monoisotopic (exact) mass is 152 g/mol. The Morgan fingerprint density at radius 1 is 1.18 bits per heavy atom. The number of hydrogen-bond donors (Lipinski definition) is 0. The van der Waals surface area contributed by atoms with Crippen LogP contribution in [0.15, 0.2) is 21.4 Å². The fourth-order valence-electron chi connectivity index (χ4n) is 0.561. The average molecular weight is 152 g/mol. The zero-order valence-electron chi connectivity index (χ0n) is 7.81. The summed E-state index contributed by atoms with van der Waals surface area (Å²) in [4.78, 5) is 8.13. The fraction of sp³-hybridized carbons (Fsp3) is 0.556. The van der Waals surface area contributed by atoms with E-state index in [9.17, 15) is 0 Å². The lowest BCUT2D eigenvalue weighted by Gasteiger charge is -1.98. The SMILES string of the molecule is C=N/C(C)=C(/C)N=C(C)CC. The lowest BCUT2D eigenvalue weighted by Crippen LogP contribution is -1.88. The molecule has 0 spiro atoms. The molecule has 0 aliphatic rings. The summed E-state index contributed by atoms with van der Waals surface area (Å²) in [5.74, 6) is 0. The molecule has 0 fully saturated rings. The number of allylic oxidation sites excluding steroid dienone is 2. The highest BCUT2D eigenvalue weighted by Crippen LogP contribution is 2.05. The van der Waals surface area contributed by atoms with Crippen LogP contribution in [-0.2, 0) is 0 Å². The van der Waals surface area contributed by atoms with Gasteiger partial charge in [-0.25, -0.2) is 0 Å². The summed E-state index contributed by atoms with van der Waals surface area (Å²) in [6.45, 7) is 11.4. The molecule has 0 aromatic rings. The molecule has 62 valence electrons. The summed E-state index contributed by atoms with van der Waals surface area (Å²) < 4.78 is 0. The van der Waals surface area contributed by atoms with Crippen molar-refractivity contribution in [2.45, 2.75) is 34.1 Å². The zero-order valence-corrected chi connectivity index (χ0v) is 7.81. The molecule has 0 N–H and O–H groups in total. The van der Waals surface area contributed by atoms with E-state index in [0.29, 0.717) is 0 Å². The quantitative estimate of drug-likeness (QED) is 0.555. The first-order valence-electron chi connectivity index (χ1n) is 3.80. The molecule has 0 saturated heterocycles. The molecule has 0 atom stereocenters. The molecule has 0 aromatic heterocycles. The Labute approximate surface area is 68.8 Å². The van der Waals surface area contributed by atoms with Gasteiger partial charge in [-0.15, -0.1) is 0 Å². The molecule has 0 heterocycles. The number of hydrogen-bond acceptors (Lipinski definition) is 2. The Morgan fingerprint density at radius 2 is 1.73 bits per heavy atom. The van der Waals surface area contributed by atoms with E-state index < -0.39 is 0 Å². The maximum Gasteiger partial charge on any atom is 0.0583 e. The van der Waals surface area contributed by atoms with Gasteiger partial charge in [-0.1, -0.05) is 6.92 Å². The van der Waals surface area contributed by atoms with Crippen molar-refractivity contribution in [3.05, 3.63) is 11.4 Å². The van der Waals surface area contributed by atoms with Gasteiger partial charge < -0.3 is 0 Å². The first kappa shape index (κ1) is 10.1. The molecule has 2 nitrogen and oxygen atoms in total. The molecule has 0 bridgehead atoms. The second-order valence-electron chi connectivity index (χ2n) is 2.53. The Morgan fingerprint density at radius 3 is 2.09 bits per heavy atom. The summed E-state index contributed by atoms with van der Waals surface area (Å²) in [6, 6.07) is 0. The van der Waals surface area contributed by atoms with E-state index in [-0.39, 0.29) is 0 Å². The normalized spacial score (nSPS) is 14.4. The van der Waals surface area contributed by atoms with E-state index in [1.54, 1.807) is 0 Å². The minimum Gasteiger partial charge on any atom is -0.267 e. The maximum absolute atomic E-state index is 4.33. The van der Waals surface area contributed by atoms with Crippen LogP contribution in [0, 0.1) is 0 Å². The molecule has 0 amide bonds. The van der Waals surface area contributed by atoms with Crippen LogP contribution >= 0.6 is 0 Å². The van der Waals surface area contributed by atoms with Gasteiger partial charge in [-0.2, -0.15) is 0 Å². The Hall–Kier alpha value is -0.920. The molecule has 0 saturated carbocycles. The van der Waals surface area contributed by atoms with Gasteiger partial charge in [0, 0.05) is 5.71 Å². The largest absolute Gasteiger partial charge is 0.267 e. The van der Waals surface area contributed by atoms with Gasteiger partial charge in [-0.3, -0.25) is 9.98 Å². The molecule has 2 heteroatoms. The van der Waals surface area contributed by atoms with Crippen LogP contribution in [0.3, 0.4) is 0 Å². The van der Waals surface area contributed by atoms with Crippen molar-refractivity contribution in [2.75, 3.05) is 0 Å². The van der Waals surface area contributed by atoms with Gasteiger partial charge in [0.2, 0.25) is 0 Å². The minimum atomic E-state index is 0.901. The van der Waals surface area contributed by atoms with Gasteiger partial charge in [0.25, 0.3) is 0 Å². The third kappa shape index (κ3) is 3.71. The smallest absolute Gasteiger partial charge is 0.0583 e. The molecule has 0 radical (unpaired) electrons. The molecule has 11 heavy (non-hydrogen) atoms. The molecule has 0 unspecified atom stereocenters.